The molecular formula is C19H20FN3O4. The zero-order valence-electron chi connectivity index (χ0n) is 14.7. The first-order valence-corrected chi connectivity index (χ1v) is 8.74. The van der Waals surface area contributed by atoms with Crippen LogP contribution in [-0.2, 0) is 4.79 Å². The zero-order valence-corrected chi connectivity index (χ0v) is 14.7. The lowest BCUT2D eigenvalue weighted by atomic mass is 10.1. The molecular weight excluding hydrogens is 353 g/mol. The summed E-state index contributed by atoms with van der Waals surface area (Å²) in [5.41, 5.74) is 1.05. The van der Waals surface area contributed by atoms with E-state index in [0.717, 1.165) is 38.0 Å². The molecule has 1 aliphatic rings. The van der Waals surface area contributed by atoms with Crippen LogP contribution >= 0.6 is 0 Å². The highest BCUT2D eigenvalue weighted by atomic mass is 19.1. The van der Waals surface area contributed by atoms with Gasteiger partial charge < -0.3 is 15.0 Å². The molecule has 2 aromatic carbocycles. The highest BCUT2D eigenvalue weighted by Crippen LogP contribution is 2.29. The minimum Gasteiger partial charge on any atom is -0.484 e. The van der Waals surface area contributed by atoms with Crippen LogP contribution in [0.4, 0.5) is 21.5 Å². The topological polar surface area (TPSA) is 84.7 Å². The maximum absolute atomic E-state index is 13.7. The first-order chi connectivity index (χ1) is 13.0. The third-order valence-corrected chi connectivity index (χ3v) is 4.33. The Bertz CT molecular complexity index is 837. The lowest BCUT2D eigenvalue weighted by Crippen LogP contribution is -2.31. The van der Waals surface area contributed by atoms with E-state index in [1.807, 2.05) is 0 Å². The van der Waals surface area contributed by atoms with Gasteiger partial charge in [0.25, 0.3) is 11.6 Å². The molecule has 0 radical (unpaired) electrons. The van der Waals surface area contributed by atoms with Crippen molar-refractivity contribution in [2.24, 2.45) is 0 Å². The van der Waals surface area contributed by atoms with Gasteiger partial charge in [-0.15, -0.1) is 0 Å². The number of non-ortho nitro benzene ring substituents is 1. The standard InChI is InChI=1S/C19H20FN3O4/c20-14-7-8-18(22-9-2-1-3-10-22)17(11-14)21-19(24)13-27-16-6-4-5-15(12-16)23(25)26/h4-8,11-12H,1-3,9-10,13H2,(H,21,24). The summed E-state index contributed by atoms with van der Waals surface area (Å²) >= 11 is 0. The van der Waals surface area contributed by atoms with Gasteiger partial charge in [-0.2, -0.15) is 0 Å². The summed E-state index contributed by atoms with van der Waals surface area (Å²) in [7, 11) is 0. The van der Waals surface area contributed by atoms with Crippen LogP contribution in [0.2, 0.25) is 0 Å². The van der Waals surface area contributed by atoms with Gasteiger partial charge in [0.05, 0.1) is 22.4 Å². The number of hydrogen-bond donors (Lipinski definition) is 1. The summed E-state index contributed by atoms with van der Waals surface area (Å²) in [5.74, 6) is -0.689. The molecule has 8 heteroatoms. The van der Waals surface area contributed by atoms with E-state index in [2.05, 4.69) is 10.2 Å². The molecule has 0 saturated carbocycles. The molecule has 0 aromatic heterocycles. The van der Waals surface area contributed by atoms with Crippen molar-refractivity contribution in [1.29, 1.82) is 0 Å². The molecule has 1 amide bonds. The second-order valence-corrected chi connectivity index (χ2v) is 6.30. The first kappa shape index (κ1) is 18.6. The monoisotopic (exact) mass is 373 g/mol. The Hall–Kier alpha value is -3.16. The minimum absolute atomic E-state index is 0.120. The van der Waals surface area contributed by atoms with Crippen LogP contribution in [0.3, 0.4) is 0 Å². The maximum atomic E-state index is 13.7. The number of benzene rings is 2. The number of halogens is 1. The average Bonchev–Trinajstić information content (AvgIpc) is 2.67. The average molecular weight is 373 g/mol. The number of ether oxygens (including phenoxy) is 1. The van der Waals surface area contributed by atoms with Crippen LogP contribution in [0, 0.1) is 15.9 Å². The summed E-state index contributed by atoms with van der Waals surface area (Å²) in [5, 5.41) is 13.5. The minimum atomic E-state index is -0.537. The SMILES string of the molecule is O=C(COc1cccc([N+](=O)[O-])c1)Nc1cc(F)ccc1N1CCCCC1. The first-order valence-electron chi connectivity index (χ1n) is 8.74. The molecule has 1 N–H and O–H groups in total. The summed E-state index contributed by atoms with van der Waals surface area (Å²) in [4.78, 5) is 24.6. The normalized spacial score (nSPS) is 13.9. The smallest absolute Gasteiger partial charge is 0.273 e. The molecule has 2 aromatic rings. The van der Waals surface area contributed by atoms with Gasteiger partial charge in [0.15, 0.2) is 6.61 Å². The number of nitrogens with one attached hydrogen (secondary N) is 1. The Balaban J connectivity index is 1.66. The Labute approximate surface area is 155 Å². The number of nitro groups is 1. The molecule has 0 atom stereocenters. The molecule has 1 saturated heterocycles. The lowest BCUT2D eigenvalue weighted by Gasteiger charge is -2.30. The Morgan fingerprint density at radius 1 is 1.19 bits per heavy atom. The van der Waals surface area contributed by atoms with Crippen molar-refractivity contribution in [3.05, 3.63) is 58.4 Å². The molecule has 0 unspecified atom stereocenters. The van der Waals surface area contributed by atoms with E-state index in [4.69, 9.17) is 4.74 Å². The number of carbonyl (C=O) groups excluding carboxylic acids is 1. The Morgan fingerprint density at radius 3 is 2.70 bits per heavy atom. The fourth-order valence-electron chi connectivity index (χ4n) is 3.04. The van der Waals surface area contributed by atoms with E-state index in [-0.39, 0.29) is 18.0 Å². The van der Waals surface area contributed by atoms with Gasteiger partial charge in [-0.25, -0.2) is 4.39 Å². The van der Waals surface area contributed by atoms with Crippen LogP contribution in [0.15, 0.2) is 42.5 Å². The number of anilines is 2. The van der Waals surface area contributed by atoms with Crippen LogP contribution < -0.4 is 15.0 Å². The lowest BCUT2D eigenvalue weighted by molar-refractivity contribution is -0.384. The molecule has 7 nitrogen and oxygen atoms in total. The molecule has 27 heavy (non-hydrogen) atoms. The molecule has 142 valence electrons. The highest BCUT2D eigenvalue weighted by molar-refractivity contribution is 5.95. The van der Waals surface area contributed by atoms with E-state index < -0.39 is 16.6 Å². The fourth-order valence-corrected chi connectivity index (χ4v) is 3.04. The summed E-state index contributed by atoms with van der Waals surface area (Å²) in [6.45, 7) is 1.38. The van der Waals surface area contributed by atoms with Gasteiger partial charge >= 0.3 is 0 Å². The molecule has 1 aliphatic heterocycles. The molecule has 0 bridgehead atoms. The third-order valence-electron chi connectivity index (χ3n) is 4.33. The predicted octanol–water partition coefficient (Wildman–Crippen LogP) is 3.74. The van der Waals surface area contributed by atoms with E-state index in [1.165, 1.54) is 36.4 Å². The van der Waals surface area contributed by atoms with Crippen LogP contribution in [0.1, 0.15) is 19.3 Å². The number of rotatable bonds is 6. The van der Waals surface area contributed by atoms with Gasteiger partial charge in [0.1, 0.15) is 11.6 Å². The van der Waals surface area contributed by atoms with Crippen molar-refractivity contribution in [2.75, 3.05) is 29.9 Å². The number of hydrogen-bond acceptors (Lipinski definition) is 5. The second-order valence-electron chi connectivity index (χ2n) is 6.30. The Morgan fingerprint density at radius 2 is 1.96 bits per heavy atom. The quantitative estimate of drug-likeness (QED) is 0.616. The number of amides is 1. The number of carbonyl (C=O) groups is 1. The summed E-state index contributed by atoms with van der Waals surface area (Å²) in [6.07, 6.45) is 3.28. The number of nitrogens with zero attached hydrogens (tertiary/aromatic N) is 2. The van der Waals surface area contributed by atoms with Gasteiger partial charge in [0.2, 0.25) is 0 Å². The summed E-state index contributed by atoms with van der Waals surface area (Å²) < 4.78 is 19.0. The zero-order chi connectivity index (χ0) is 19.2. The predicted molar refractivity (Wildman–Crippen MR) is 99.7 cm³/mol. The van der Waals surface area contributed by atoms with E-state index in [0.29, 0.717) is 5.69 Å². The van der Waals surface area contributed by atoms with Crippen LogP contribution in [0.5, 0.6) is 5.75 Å². The summed E-state index contributed by atoms with van der Waals surface area (Å²) in [6, 6.07) is 9.92. The van der Waals surface area contributed by atoms with Gasteiger partial charge in [0, 0.05) is 19.2 Å². The third kappa shape index (κ3) is 4.93. The highest BCUT2D eigenvalue weighted by Gasteiger charge is 2.17. The Kier molecular flexibility index (Phi) is 5.85. The van der Waals surface area contributed by atoms with Crippen LogP contribution in [-0.4, -0.2) is 30.5 Å². The van der Waals surface area contributed by atoms with Crippen molar-refractivity contribution < 1.29 is 18.8 Å². The number of nitro benzene ring substituents is 1. The van der Waals surface area contributed by atoms with E-state index in [1.54, 1.807) is 6.07 Å². The molecule has 0 aliphatic carbocycles. The van der Waals surface area contributed by atoms with Crippen molar-refractivity contribution in [1.82, 2.24) is 0 Å². The molecule has 3 rings (SSSR count). The molecule has 1 heterocycles. The maximum Gasteiger partial charge on any atom is 0.273 e. The largest absolute Gasteiger partial charge is 0.484 e. The van der Waals surface area contributed by atoms with Crippen molar-refractivity contribution in [3.63, 3.8) is 0 Å². The van der Waals surface area contributed by atoms with E-state index in [9.17, 15) is 19.3 Å². The fraction of sp³-hybridized carbons (Fsp3) is 0.316. The number of piperidine rings is 1. The van der Waals surface area contributed by atoms with Gasteiger partial charge in [-0.3, -0.25) is 14.9 Å². The van der Waals surface area contributed by atoms with Crippen molar-refractivity contribution in [3.8, 4) is 5.75 Å². The van der Waals surface area contributed by atoms with Gasteiger partial charge in [-0.05, 0) is 43.5 Å². The van der Waals surface area contributed by atoms with Crippen molar-refractivity contribution >= 4 is 23.0 Å². The van der Waals surface area contributed by atoms with Gasteiger partial charge in [-0.1, -0.05) is 6.07 Å². The second kappa shape index (κ2) is 8.48. The molecule has 1 fully saturated rings. The van der Waals surface area contributed by atoms with Crippen molar-refractivity contribution in [2.45, 2.75) is 19.3 Å². The van der Waals surface area contributed by atoms with Crippen LogP contribution in [0.25, 0.3) is 0 Å². The molecule has 0 spiro atoms. The van der Waals surface area contributed by atoms with E-state index >= 15 is 0 Å².